The van der Waals surface area contributed by atoms with Gasteiger partial charge in [-0.05, 0) is 35.1 Å². The van der Waals surface area contributed by atoms with E-state index in [1.54, 1.807) is 35.2 Å². The molecule has 0 aliphatic rings. The number of aryl methyl sites for hydroxylation is 1. The summed E-state index contributed by atoms with van der Waals surface area (Å²) in [7, 11) is 0. The molecule has 0 bridgehead atoms. The lowest BCUT2D eigenvalue weighted by atomic mass is 10.1. The molecule has 0 aliphatic heterocycles. The molecule has 3 aromatic heterocycles. The second-order valence-electron chi connectivity index (χ2n) is 5.70. The van der Waals surface area contributed by atoms with Crippen molar-refractivity contribution in [2.24, 2.45) is 5.10 Å². The molecule has 0 atom stereocenters. The van der Waals surface area contributed by atoms with Gasteiger partial charge in [-0.2, -0.15) is 5.10 Å². The van der Waals surface area contributed by atoms with Crippen LogP contribution in [0.5, 0.6) is 0 Å². The summed E-state index contributed by atoms with van der Waals surface area (Å²) < 4.78 is 0.981. The first-order valence-corrected chi connectivity index (χ1v) is 9.72. The van der Waals surface area contributed by atoms with Crippen LogP contribution in [0.15, 0.2) is 53.2 Å². The van der Waals surface area contributed by atoms with Crippen molar-refractivity contribution in [1.29, 1.82) is 0 Å². The quantitative estimate of drug-likeness (QED) is 0.390. The molecule has 26 heavy (non-hydrogen) atoms. The van der Waals surface area contributed by atoms with E-state index in [9.17, 15) is 5.11 Å². The monoisotopic (exact) mass is 380 g/mol. The second-order valence-corrected chi connectivity index (χ2v) is 7.70. The Kier molecular flexibility index (Phi) is 4.75. The third kappa shape index (κ3) is 3.24. The van der Waals surface area contributed by atoms with E-state index in [1.165, 1.54) is 0 Å². The van der Waals surface area contributed by atoms with Gasteiger partial charge >= 0.3 is 0 Å². The van der Waals surface area contributed by atoms with Crippen LogP contribution in [0.25, 0.3) is 20.7 Å². The lowest BCUT2D eigenvalue weighted by molar-refractivity contribution is 0.282. The number of thiophene rings is 2. The van der Waals surface area contributed by atoms with Gasteiger partial charge < -0.3 is 5.11 Å². The first-order chi connectivity index (χ1) is 12.8. The van der Waals surface area contributed by atoms with Gasteiger partial charge in [0.25, 0.3) is 0 Å². The minimum Gasteiger partial charge on any atom is -0.392 e. The third-order valence-electron chi connectivity index (χ3n) is 4.01. The molecule has 3 heterocycles. The number of benzene rings is 1. The van der Waals surface area contributed by atoms with E-state index >= 15 is 0 Å². The zero-order valence-electron chi connectivity index (χ0n) is 14.0. The Labute approximate surface area is 158 Å². The van der Waals surface area contributed by atoms with E-state index in [0.29, 0.717) is 5.82 Å². The highest BCUT2D eigenvalue weighted by molar-refractivity contribution is 7.23. The highest BCUT2D eigenvalue weighted by Gasteiger charge is 2.15. The topological polar surface area (TPSA) is 70.4 Å². The highest BCUT2D eigenvalue weighted by Crippen LogP contribution is 2.39. The van der Waals surface area contributed by atoms with Crippen molar-refractivity contribution < 1.29 is 5.11 Å². The molecule has 0 saturated carbocycles. The molecule has 0 aliphatic carbocycles. The summed E-state index contributed by atoms with van der Waals surface area (Å²) in [6.07, 6.45) is 3.34. The first-order valence-electron chi connectivity index (χ1n) is 8.03. The van der Waals surface area contributed by atoms with Gasteiger partial charge in [0.1, 0.15) is 6.33 Å². The number of nitrogens with one attached hydrogen (secondary N) is 1. The number of anilines is 1. The Morgan fingerprint density at radius 3 is 2.77 bits per heavy atom. The predicted octanol–water partition coefficient (Wildman–Crippen LogP) is 4.67. The van der Waals surface area contributed by atoms with Gasteiger partial charge in [0.2, 0.25) is 0 Å². The lowest BCUT2D eigenvalue weighted by Crippen LogP contribution is -1.93. The first kappa shape index (κ1) is 16.8. The molecular formula is C19H16N4OS2. The molecule has 0 fully saturated rings. The summed E-state index contributed by atoms with van der Waals surface area (Å²) in [5, 5.41) is 15.5. The zero-order valence-corrected chi connectivity index (χ0v) is 15.6. The maximum atomic E-state index is 9.22. The van der Waals surface area contributed by atoms with E-state index in [4.69, 9.17) is 0 Å². The van der Waals surface area contributed by atoms with Gasteiger partial charge in [-0.1, -0.05) is 30.3 Å². The van der Waals surface area contributed by atoms with Crippen molar-refractivity contribution in [3.05, 3.63) is 64.1 Å². The van der Waals surface area contributed by atoms with Crippen LogP contribution in [-0.2, 0) is 6.61 Å². The molecule has 1 aromatic carbocycles. The van der Waals surface area contributed by atoms with Crippen LogP contribution in [-0.4, -0.2) is 21.3 Å². The van der Waals surface area contributed by atoms with Crippen LogP contribution in [0.1, 0.15) is 16.0 Å². The number of aliphatic hydroxyl groups is 1. The van der Waals surface area contributed by atoms with Gasteiger partial charge in [0.05, 0.1) is 23.0 Å². The normalized spacial score (nSPS) is 11.5. The van der Waals surface area contributed by atoms with Crippen molar-refractivity contribution in [2.75, 3.05) is 5.43 Å². The summed E-state index contributed by atoms with van der Waals surface area (Å²) in [5.41, 5.74) is 7.10. The van der Waals surface area contributed by atoms with Crippen molar-refractivity contribution in [3.63, 3.8) is 0 Å². The molecule has 0 spiro atoms. The number of hydrogen-bond donors (Lipinski definition) is 2. The smallest absolute Gasteiger partial charge is 0.167 e. The van der Waals surface area contributed by atoms with Crippen molar-refractivity contribution >= 4 is 44.9 Å². The average Bonchev–Trinajstić information content (AvgIpc) is 3.31. The van der Waals surface area contributed by atoms with Crippen molar-refractivity contribution in [1.82, 2.24) is 9.97 Å². The van der Waals surface area contributed by atoms with Gasteiger partial charge in [-0.3, -0.25) is 5.43 Å². The lowest BCUT2D eigenvalue weighted by Gasteiger charge is -2.01. The molecule has 4 rings (SSSR count). The van der Waals surface area contributed by atoms with Crippen LogP contribution in [0.3, 0.4) is 0 Å². The van der Waals surface area contributed by atoms with E-state index in [2.05, 4.69) is 27.4 Å². The highest BCUT2D eigenvalue weighted by atomic mass is 32.1. The Morgan fingerprint density at radius 2 is 2.04 bits per heavy atom. The molecule has 5 nitrogen and oxygen atoms in total. The number of hydrazone groups is 1. The number of hydrogen-bond acceptors (Lipinski definition) is 7. The van der Waals surface area contributed by atoms with E-state index < -0.39 is 0 Å². The number of aromatic nitrogens is 2. The van der Waals surface area contributed by atoms with Gasteiger partial charge in [0, 0.05) is 9.75 Å². The number of rotatable bonds is 5. The van der Waals surface area contributed by atoms with Crippen LogP contribution in [0.2, 0.25) is 0 Å². The summed E-state index contributed by atoms with van der Waals surface area (Å²) >= 11 is 3.27. The molecule has 0 saturated heterocycles. The largest absolute Gasteiger partial charge is 0.392 e. The zero-order chi connectivity index (χ0) is 17.9. The summed E-state index contributed by atoms with van der Waals surface area (Å²) in [6.45, 7) is 2.12. The minimum absolute atomic E-state index is 0.0491. The standard InChI is InChI=1S/C19H16N4OS2/c1-12-16-18(26-17(12)14-6-4-13(10-24)5-7-14)19(21-11-20-16)23-22-9-15-3-2-8-25-15/h2-9,11,24H,10H2,1H3,(H,20,21,23). The van der Waals surface area contributed by atoms with Gasteiger partial charge in [-0.15, -0.1) is 22.7 Å². The fourth-order valence-corrected chi connectivity index (χ4v) is 4.45. The molecular weight excluding hydrogens is 364 g/mol. The maximum Gasteiger partial charge on any atom is 0.167 e. The minimum atomic E-state index is 0.0491. The second kappa shape index (κ2) is 7.33. The Bertz CT molecular complexity index is 1050. The number of fused-ring (bicyclic) bond motifs is 1. The predicted molar refractivity (Wildman–Crippen MR) is 109 cm³/mol. The summed E-state index contributed by atoms with van der Waals surface area (Å²) in [4.78, 5) is 11.0. The summed E-state index contributed by atoms with van der Waals surface area (Å²) in [5.74, 6) is 0.703. The Balaban J connectivity index is 1.69. The van der Waals surface area contributed by atoms with Crippen LogP contribution >= 0.6 is 22.7 Å². The number of nitrogens with zero attached hydrogens (tertiary/aromatic N) is 3. The molecule has 0 unspecified atom stereocenters. The number of aliphatic hydroxyl groups excluding tert-OH is 1. The fraction of sp³-hybridized carbons (Fsp3) is 0.105. The third-order valence-corrected chi connectivity index (χ3v) is 6.15. The molecule has 0 radical (unpaired) electrons. The van der Waals surface area contributed by atoms with Crippen LogP contribution in [0.4, 0.5) is 5.82 Å². The molecule has 130 valence electrons. The fourth-order valence-electron chi connectivity index (χ4n) is 2.66. The van der Waals surface area contributed by atoms with E-state index in [1.807, 2.05) is 41.8 Å². The average molecular weight is 380 g/mol. The van der Waals surface area contributed by atoms with Crippen molar-refractivity contribution in [2.45, 2.75) is 13.5 Å². The molecule has 4 aromatic rings. The van der Waals surface area contributed by atoms with Crippen molar-refractivity contribution in [3.8, 4) is 10.4 Å². The van der Waals surface area contributed by atoms with E-state index in [0.717, 1.165) is 36.7 Å². The molecule has 2 N–H and O–H groups in total. The van der Waals surface area contributed by atoms with Crippen LogP contribution < -0.4 is 5.43 Å². The molecule has 0 amide bonds. The van der Waals surface area contributed by atoms with E-state index in [-0.39, 0.29) is 6.61 Å². The maximum absolute atomic E-state index is 9.22. The Hall–Kier alpha value is -2.61. The SMILES string of the molecule is Cc1c(-c2ccc(CO)cc2)sc2c(NN=Cc3cccs3)ncnc12. The van der Waals surface area contributed by atoms with Gasteiger partial charge in [-0.25, -0.2) is 9.97 Å². The molecule has 7 heteroatoms. The Morgan fingerprint density at radius 1 is 1.19 bits per heavy atom. The summed E-state index contributed by atoms with van der Waals surface area (Å²) in [6, 6.07) is 11.9. The van der Waals surface area contributed by atoms with Crippen LogP contribution in [0, 0.1) is 6.92 Å². The van der Waals surface area contributed by atoms with Gasteiger partial charge in [0.15, 0.2) is 5.82 Å².